The van der Waals surface area contributed by atoms with Gasteiger partial charge in [0.2, 0.25) is 0 Å². The zero-order valence-electron chi connectivity index (χ0n) is 17.5. The van der Waals surface area contributed by atoms with E-state index in [0.717, 1.165) is 38.5 Å². The van der Waals surface area contributed by atoms with Crippen molar-refractivity contribution in [1.82, 2.24) is 0 Å². The molecule has 0 amide bonds. The first kappa shape index (κ1) is 19.6. The quantitative estimate of drug-likeness (QED) is 0.564. The maximum absolute atomic E-state index is 10.1. The molecule has 5 atom stereocenters. The van der Waals surface area contributed by atoms with Crippen LogP contribution in [0.2, 0.25) is 0 Å². The van der Waals surface area contributed by atoms with Crippen LogP contribution in [0.1, 0.15) is 62.5 Å². The zero-order chi connectivity index (χ0) is 20.1. The van der Waals surface area contributed by atoms with Crippen molar-refractivity contribution in [1.29, 1.82) is 0 Å². The number of allylic oxidation sites excluding steroid dienone is 1. The number of unbranched alkanes of at least 4 members (excludes halogenated alkanes) is 2. The van der Waals surface area contributed by atoms with E-state index in [4.69, 9.17) is 14.6 Å². The van der Waals surface area contributed by atoms with Crippen molar-refractivity contribution in [2.75, 3.05) is 19.8 Å². The Hall–Kier alpha value is -1.36. The van der Waals surface area contributed by atoms with Crippen LogP contribution in [0.25, 0.3) is 0 Å². The van der Waals surface area contributed by atoms with Gasteiger partial charge >= 0.3 is 0 Å². The first-order chi connectivity index (χ1) is 14.1. The molecule has 1 aromatic carbocycles. The molecule has 0 bridgehead atoms. The molecule has 158 valence electrons. The fraction of sp³-hybridized carbons (Fsp3) is 0.680. The summed E-state index contributed by atoms with van der Waals surface area (Å²) in [6, 6.07) is 6.03. The van der Waals surface area contributed by atoms with Gasteiger partial charge in [-0.3, -0.25) is 0 Å². The predicted molar refractivity (Wildman–Crippen MR) is 112 cm³/mol. The Bertz CT molecular complexity index is 781. The van der Waals surface area contributed by atoms with Gasteiger partial charge in [0, 0.05) is 12.0 Å². The molecule has 1 saturated heterocycles. The second-order valence-corrected chi connectivity index (χ2v) is 9.81. The third-order valence-electron chi connectivity index (χ3n) is 8.41. The molecule has 2 fully saturated rings. The Labute approximate surface area is 173 Å². The van der Waals surface area contributed by atoms with Crippen LogP contribution in [0.15, 0.2) is 30.4 Å². The molecular formula is C25H34O4. The highest BCUT2D eigenvalue weighted by atomic mass is 16.7. The van der Waals surface area contributed by atoms with Gasteiger partial charge in [-0.1, -0.05) is 31.9 Å². The highest BCUT2D eigenvalue weighted by Crippen LogP contribution is 2.65. The third-order valence-corrected chi connectivity index (χ3v) is 8.41. The second kappa shape index (κ2) is 7.40. The van der Waals surface area contributed by atoms with Gasteiger partial charge in [0.1, 0.15) is 5.75 Å². The number of phenolic OH excluding ortho intramolecular Hbond substituents is 1. The molecule has 3 aliphatic carbocycles. The molecule has 4 nitrogen and oxygen atoms in total. The average molecular weight is 399 g/mol. The fourth-order valence-electron chi connectivity index (χ4n) is 7.04. The van der Waals surface area contributed by atoms with Crippen molar-refractivity contribution in [3.8, 4) is 5.75 Å². The number of benzene rings is 1. The lowest BCUT2D eigenvalue weighted by Crippen LogP contribution is -2.53. The third kappa shape index (κ3) is 2.98. The van der Waals surface area contributed by atoms with Gasteiger partial charge in [-0.15, -0.1) is 0 Å². The van der Waals surface area contributed by atoms with E-state index in [2.05, 4.69) is 25.1 Å². The van der Waals surface area contributed by atoms with Crippen LogP contribution < -0.4 is 0 Å². The molecular weight excluding hydrogens is 364 g/mol. The van der Waals surface area contributed by atoms with E-state index < -0.39 is 5.79 Å². The van der Waals surface area contributed by atoms with E-state index in [1.165, 1.54) is 17.5 Å². The molecule has 2 N–H and O–H groups in total. The molecule has 29 heavy (non-hydrogen) atoms. The highest BCUT2D eigenvalue weighted by Gasteiger charge is 2.63. The van der Waals surface area contributed by atoms with Gasteiger partial charge in [-0.25, -0.2) is 0 Å². The van der Waals surface area contributed by atoms with Gasteiger partial charge in [-0.2, -0.15) is 0 Å². The lowest BCUT2D eigenvalue weighted by Gasteiger charge is -2.55. The van der Waals surface area contributed by atoms with Gasteiger partial charge in [0.05, 0.1) is 13.2 Å². The molecule has 0 aromatic heterocycles. The van der Waals surface area contributed by atoms with Gasteiger partial charge in [0.15, 0.2) is 5.79 Å². The minimum absolute atomic E-state index is 0.00242. The van der Waals surface area contributed by atoms with E-state index in [1.54, 1.807) is 0 Å². The molecule has 4 aliphatic rings. The Kier molecular flexibility index (Phi) is 5.00. The maximum Gasteiger partial charge on any atom is 0.193 e. The Morgan fingerprint density at radius 1 is 1.14 bits per heavy atom. The maximum atomic E-state index is 10.1. The van der Waals surface area contributed by atoms with Crippen LogP contribution in [0.4, 0.5) is 0 Å². The number of hydrogen-bond acceptors (Lipinski definition) is 4. The minimum atomic E-state index is -0.528. The van der Waals surface area contributed by atoms with Crippen molar-refractivity contribution in [3.05, 3.63) is 41.5 Å². The molecule has 1 aliphatic heterocycles. The van der Waals surface area contributed by atoms with Crippen LogP contribution in [-0.2, 0) is 15.9 Å². The summed E-state index contributed by atoms with van der Waals surface area (Å²) in [6.07, 6.45) is 12.3. The fourth-order valence-corrected chi connectivity index (χ4v) is 7.04. The van der Waals surface area contributed by atoms with Crippen molar-refractivity contribution in [2.24, 2.45) is 23.2 Å². The summed E-state index contributed by atoms with van der Waals surface area (Å²) in [5.74, 6) is 2.04. The van der Waals surface area contributed by atoms with Crippen LogP contribution in [-0.4, -0.2) is 35.8 Å². The Morgan fingerprint density at radius 3 is 2.76 bits per heavy atom. The summed E-state index contributed by atoms with van der Waals surface area (Å²) in [5, 5.41) is 19.2. The van der Waals surface area contributed by atoms with Crippen LogP contribution >= 0.6 is 0 Å². The van der Waals surface area contributed by atoms with Crippen molar-refractivity contribution < 1.29 is 19.7 Å². The molecule has 0 unspecified atom stereocenters. The van der Waals surface area contributed by atoms with E-state index in [0.29, 0.717) is 42.6 Å². The number of aliphatic hydroxyl groups is 1. The van der Waals surface area contributed by atoms with Gasteiger partial charge < -0.3 is 19.7 Å². The SMILES string of the molecule is C[C@]12CC[C@@H]3c4ccc(O)cc4C[C@@H](CCCCCO)[C@H]3[C@@H]1C=CC21OCCO1. The lowest BCUT2D eigenvalue weighted by atomic mass is 9.51. The first-order valence-electron chi connectivity index (χ1n) is 11.5. The second-order valence-electron chi connectivity index (χ2n) is 9.81. The molecule has 1 saturated carbocycles. The number of phenols is 1. The van der Waals surface area contributed by atoms with E-state index in [-0.39, 0.29) is 12.0 Å². The standard InChI is InChI=1S/C25H34O4/c1-24-10-8-21-20-7-6-19(27)16-18(20)15-17(5-3-2-4-12-26)23(21)22(24)9-11-25(24)28-13-14-29-25/h6-7,9,11,16-17,21-23,26-27H,2-5,8,10,12-15H2,1H3/t17-,21-,22+,23-,24+/m1/s1. The highest BCUT2D eigenvalue weighted by molar-refractivity contribution is 5.41. The van der Waals surface area contributed by atoms with Crippen molar-refractivity contribution in [3.63, 3.8) is 0 Å². The van der Waals surface area contributed by atoms with Crippen molar-refractivity contribution in [2.45, 2.75) is 63.6 Å². The smallest absolute Gasteiger partial charge is 0.193 e. The molecule has 1 heterocycles. The van der Waals surface area contributed by atoms with E-state index in [1.807, 2.05) is 12.1 Å². The van der Waals surface area contributed by atoms with E-state index >= 15 is 0 Å². The Morgan fingerprint density at radius 2 is 1.97 bits per heavy atom. The number of rotatable bonds is 5. The van der Waals surface area contributed by atoms with Crippen LogP contribution in [0, 0.1) is 23.2 Å². The van der Waals surface area contributed by atoms with Gasteiger partial charge in [-0.05, 0) is 85.1 Å². The number of aliphatic hydroxyl groups excluding tert-OH is 1. The summed E-state index contributed by atoms with van der Waals surface area (Å²) in [7, 11) is 0. The molecule has 1 aromatic rings. The summed E-state index contributed by atoms with van der Waals surface area (Å²) in [5.41, 5.74) is 2.79. The minimum Gasteiger partial charge on any atom is -0.508 e. The Balaban J connectivity index is 1.48. The number of ether oxygens (including phenoxy) is 2. The number of hydrogen-bond donors (Lipinski definition) is 2. The van der Waals surface area contributed by atoms with Crippen LogP contribution in [0.5, 0.6) is 5.75 Å². The van der Waals surface area contributed by atoms with Crippen LogP contribution in [0.3, 0.4) is 0 Å². The predicted octanol–water partition coefficient (Wildman–Crippen LogP) is 4.55. The zero-order valence-corrected chi connectivity index (χ0v) is 17.5. The average Bonchev–Trinajstić information content (AvgIpc) is 3.31. The topological polar surface area (TPSA) is 58.9 Å². The summed E-state index contributed by atoms with van der Waals surface area (Å²) >= 11 is 0. The number of aromatic hydroxyl groups is 1. The monoisotopic (exact) mass is 398 g/mol. The molecule has 4 heteroatoms. The largest absolute Gasteiger partial charge is 0.508 e. The molecule has 0 radical (unpaired) electrons. The number of fused-ring (bicyclic) bond motifs is 6. The summed E-state index contributed by atoms with van der Waals surface area (Å²) in [6.45, 7) is 4.04. The van der Waals surface area contributed by atoms with Crippen molar-refractivity contribution >= 4 is 0 Å². The lowest BCUT2D eigenvalue weighted by molar-refractivity contribution is -0.218. The first-order valence-corrected chi connectivity index (χ1v) is 11.5. The molecule has 5 rings (SSSR count). The summed E-state index contributed by atoms with van der Waals surface area (Å²) in [4.78, 5) is 0. The molecule has 1 spiro atoms. The van der Waals surface area contributed by atoms with E-state index in [9.17, 15) is 5.11 Å². The normalized spacial score (nSPS) is 36.8. The van der Waals surface area contributed by atoms with Gasteiger partial charge in [0.25, 0.3) is 0 Å². The summed E-state index contributed by atoms with van der Waals surface area (Å²) < 4.78 is 12.4.